The van der Waals surface area contributed by atoms with Gasteiger partial charge in [-0.1, -0.05) is 37.0 Å². The number of halogens is 2. The van der Waals surface area contributed by atoms with E-state index in [2.05, 4.69) is 10.3 Å². The number of nitrogens with one attached hydrogen (secondary N) is 2. The van der Waals surface area contributed by atoms with Crippen LogP contribution in [0.4, 0.5) is 17.2 Å². The van der Waals surface area contributed by atoms with E-state index in [0.29, 0.717) is 10.7 Å². The van der Waals surface area contributed by atoms with Crippen LogP contribution >= 0.6 is 23.2 Å². The number of carbonyl (C=O) groups is 1. The van der Waals surface area contributed by atoms with Crippen molar-refractivity contribution in [2.75, 3.05) is 5.32 Å². The zero-order chi connectivity index (χ0) is 21.3. The highest BCUT2D eigenvalue weighted by Crippen LogP contribution is 2.31. The fourth-order valence-electron chi connectivity index (χ4n) is 3.01. The number of hydrogen-bond donors (Lipinski definition) is 2. The first-order chi connectivity index (χ1) is 13.7. The molecular formula is C20H17Cl2N3O4. The minimum atomic E-state index is -0.741. The minimum Gasteiger partial charge on any atom is -0.341 e. The van der Waals surface area contributed by atoms with Gasteiger partial charge in [0.15, 0.2) is 5.78 Å². The van der Waals surface area contributed by atoms with Gasteiger partial charge in [0.25, 0.3) is 5.69 Å². The average Bonchev–Trinajstić information content (AvgIpc) is 2.63. The van der Waals surface area contributed by atoms with Gasteiger partial charge in [0.05, 0.1) is 15.5 Å². The topological polar surface area (TPSA) is 105 Å². The summed E-state index contributed by atoms with van der Waals surface area (Å²) in [6.45, 7) is 3.69. The summed E-state index contributed by atoms with van der Waals surface area (Å²) in [5.41, 5.74) is -0.670. The van der Waals surface area contributed by atoms with Gasteiger partial charge in [0.2, 0.25) is 5.43 Å². The molecule has 150 valence electrons. The van der Waals surface area contributed by atoms with Gasteiger partial charge in [0, 0.05) is 23.2 Å². The summed E-state index contributed by atoms with van der Waals surface area (Å²) < 4.78 is 0. The number of non-ortho nitro benzene ring substituents is 1. The number of pyridine rings is 1. The van der Waals surface area contributed by atoms with Crippen LogP contribution in [-0.4, -0.2) is 15.7 Å². The Bertz CT molecular complexity index is 1170. The van der Waals surface area contributed by atoms with E-state index in [-0.39, 0.29) is 39.6 Å². The molecule has 0 unspecified atom stereocenters. The number of nitro benzene ring substituents is 1. The van der Waals surface area contributed by atoms with Crippen molar-refractivity contribution in [3.63, 3.8) is 0 Å². The lowest BCUT2D eigenvalue weighted by Gasteiger charge is -2.14. The molecule has 0 bridgehead atoms. The first-order valence-electron chi connectivity index (χ1n) is 8.77. The molecule has 2 aromatic carbocycles. The lowest BCUT2D eigenvalue weighted by molar-refractivity contribution is -0.383. The number of hydrogen-bond acceptors (Lipinski definition) is 5. The standard InChI is InChI=1S/C20H17Cl2N3O4/c1-10(2)9-15(26)17-19(27)16-14(25(28)29)8-7-13(22)18(16)24-20(17)23-12-5-3-11(21)4-6-12/h3-8,10H,9H2,1-2H3,(H2,23,24,27). The third kappa shape index (κ3) is 4.26. The summed E-state index contributed by atoms with van der Waals surface area (Å²) in [7, 11) is 0. The van der Waals surface area contributed by atoms with Gasteiger partial charge < -0.3 is 10.3 Å². The molecule has 3 aromatic rings. The van der Waals surface area contributed by atoms with Crippen LogP contribution in [0.5, 0.6) is 0 Å². The molecule has 0 radical (unpaired) electrons. The summed E-state index contributed by atoms with van der Waals surface area (Å²) >= 11 is 12.1. The number of benzene rings is 2. The molecule has 2 N–H and O–H groups in total. The number of anilines is 2. The monoisotopic (exact) mass is 433 g/mol. The molecule has 0 amide bonds. The third-order valence-electron chi connectivity index (χ3n) is 4.27. The Morgan fingerprint density at radius 3 is 2.41 bits per heavy atom. The lowest BCUT2D eigenvalue weighted by atomic mass is 9.99. The number of aromatic amines is 1. The normalized spacial score (nSPS) is 11.1. The molecule has 29 heavy (non-hydrogen) atoms. The summed E-state index contributed by atoms with van der Waals surface area (Å²) in [5.74, 6) is -0.304. The van der Waals surface area contributed by atoms with Crippen LogP contribution < -0.4 is 10.7 Å². The highest BCUT2D eigenvalue weighted by molar-refractivity contribution is 6.35. The smallest absolute Gasteiger partial charge is 0.282 e. The van der Waals surface area contributed by atoms with E-state index in [0.717, 1.165) is 6.07 Å². The fourth-order valence-corrected chi connectivity index (χ4v) is 3.34. The Morgan fingerprint density at radius 2 is 1.83 bits per heavy atom. The maximum atomic E-state index is 13.2. The van der Waals surface area contributed by atoms with Crippen LogP contribution in [0, 0.1) is 16.0 Å². The first kappa shape index (κ1) is 20.8. The number of fused-ring (bicyclic) bond motifs is 1. The van der Waals surface area contributed by atoms with Gasteiger partial charge in [-0.2, -0.15) is 0 Å². The van der Waals surface area contributed by atoms with Gasteiger partial charge >= 0.3 is 0 Å². The first-order valence-corrected chi connectivity index (χ1v) is 9.53. The predicted molar refractivity (Wildman–Crippen MR) is 115 cm³/mol. The van der Waals surface area contributed by atoms with Crippen molar-refractivity contribution >= 4 is 57.1 Å². The molecule has 0 aliphatic carbocycles. The largest absolute Gasteiger partial charge is 0.341 e. The van der Waals surface area contributed by atoms with Gasteiger partial charge in [-0.3, -0.25) is 19.7 Å². The van der Waals surface area contributed by atoms with Crippen LogP contribution in [0.25, 0.3) is 10.9 Å². The van der Waals surface area contributed by atoms with Crippen molar-refractivity contribution in [2.45, 2.75) is 20.3 Å². The van der Waals surface area contributed by atoms with E-state index in [1.165, 1.54) is 6.07 Å². The molecule has 0 aliphatic heterocycles. The van der Waals surface area contributed by atoms with Crippen molar-refractivity contribution < 1.29 is 9.72 Å². The number of ketones is 1. The number of Topliss-reactive ketones (excluding diaryl/α,β-unsaturated/α-hetero) is 1. The second-order valence-electron chi connectivity index (χ2n) is 6.93. The molecule has 0 saturated carbocycles. The Kier molecular flexibility index (Phi) is 5.91. The van der Waals surface area contributed by atoms with Gasteiger partial charge in [-0.25, -0.2) is 0 Å². The average molecular weight is 434 g/mol. The summed E-state index contributed by atoms with van der Waals surface area (Å²) in [6.07, 6.45) is 0.109. The zero-order valence-electron chi connectivity index (χ0n) is 15.6. The van der Waals surface area contributed by atoms with Crippen molar-refractivity contribution in [1.29, 1.82) is 0 Å². The van der Waals surface area contributed by atoms with E-state index in [4.69, 9.17) is 23.2 Å². The van der Waals surface area contributed by atoms with Crippen molar-refractivity contribution in [2.24, 2.45) is 5.92 Å². The molecule has 0 atom stereocenters. The molecular weight excluding hydrogens is 417 g/mol. The van der Waals surface area contributed by atoms with Crippen molar-refractivity contribution in [3.8, 4) is 0 Å². The minimum absolute atomic E-state index is 0.00433. The molecule has 1 aromatic heterocycles. The highest BCUT2D eigenvalue weighted by atomic mass is 35.5. The van der Waals surface area contributed by atoms with Crippen molar-refractivity contribution in [1.82, 2.24) is 4.98 Å². The molecule has 3 rings (SSSR count). The van der Waals surface area contributed by atoms with E-state index >= 15 is 0 Å². The number of nitro groups is 1. The fraction of sp³-hybridized carbons (Fsp3) is 0.200. The quantitative estimate of drug-likeness (QED) is 0.294. The highest BCUT2D eigenvalue weighted by Gasteiger charge is 2.26. The maximum Gasteiger partial charge on any atom is 0.282 e. The lowest BCUT2D eigenvalue weighted by Crippen LogP contribution is -2.21. The van der Waals surface area contributed by atoms with E-state index in [1.54, 1.807) is 24.3 Å². The number of rotatable bonds is 6. The third-order valence-corrected chi connectivity index (χ3v) is 4.84. The van der Waals surface area contributed by atoms with Crippen LogP contribution in [0.15, 0.2) is 41.2 Å². The number of aromatic nitrogens is 1. The Balaban J connectivity index is 2.31. The van der Waals surface area contributed by atoms with Gasteiger partial charge in [-0.15, -0.1) is 0 Å². The molecule has 9 heteroatoms. The van der Waals surface area contributed by atoms with Crippen molar-refractivity contribution in [3.05, 3.63) is 72.3 Å². The Labute approximate surface area is 175 Å². The zero-order valence-corrected chi connectivity index (χ0v) is 17.1. The molecule has 0 aliphatic rings. The second kappa shape index (κ2) is 8.23. The van der Waals surface area contributed by atoms with Crippen LogP contribution in [0.1, 0.15) is 30.6 Å². The number of nitrogens with zero attached hydrogens (tertiary/aromatic N) is 1. The molecule has 0 spiro atoms. The number of carbonyl (C=O) groups excluding carboxylic acids is 1. The van der Waals surface area contributed by atoms with Crippen LogP contribution in [0.3, 0.4) is 0 Å². The predicted octanol–water partition coefficient (Wildman–Crippen LogP) is 5.72. The van der Waals surface area contributed by atoms with E-state index < -0.39 is 21.8 Å². The molecule has 7 nitrogen and oxygen atoms in total. The van der Waals surface area contributed by atoms with E-state index in [9.17, 15) is 19.7 Å². The number of H-pyrrole nitrogens is 1. The van der Waals surface area contributed by atoms with Gasteiger partial charge in [-0.05, 0) is 36.2 Å². The summed E-state index contributed by atoms with van der Waals surface area (Å²) in [6, 6.07) is 9.14. The molecule has 0 fully saturated rings. The second-order valence-corrected chi connectivity index (χ2v) is 7.77. The summed E-state index contributed by atoms with van der Waals surface area (Å²) in [5, 5.41) is 14.9. The van der Waals surface area contributed by atoms with Crippen LogP contribution in [0.2, 0.25) is 10.0 Å². The molecule has 1 heterocycles. The van der Waals surface area contributed by atoms with Crippen LogP contribution in [-0.2, 0) is 0 Å². The van der Waals surface area contributed by atoms with E-state index in [1.807, 2.05) is 13.8 Å². The maximum absolute atomic E-state index is 13.2. The summed E-state index contributed by atoms with van der Waals surface area (Å²) in [4.78, 5) is 39.8. The molecule has 0 saturated heterocycles. The Morgan fingerprint density at radius 1 is 1.17 bits per heavy atom. The SMILES string of the molecule is CC(C)CC(=O)c1c(Nc2ccc(Cl)cc2)[nH]c2c(Cl)ccc([N+](=O)[O-])c2c1=O. The van der Waals surface area contributed by atoms with Gasteiger partial charge in [0.1, 0.15) is 16.8 Å². The Hall–Kier alpha value is -2.90.